The van der Waals surface area contributed by atoms with Gasteiger partial charge in [-0.25, -0.2) is 14.8 Å². The van der Waals surface area contributed by atoms with Crippen molar-refractivity contribution in [3.05, 3.63) is 58.6 Å². The SMILES string of the molecule is CCOC(=O)CCNC(=O)NC(=NCc1ccc(C)cc1)Nc1ccc2nc(CC)sc2c1. The fourth-order valence-corrected chi connectivity index (χ4v) is 3.92. The van der Waals surface area contributed by atoms with Crippen LogP contribution in [0.2, 0.25) is 0 Å². The van der Waals surface area contributed by atoms with E-state index in [0.29, 0.717) is 19.1 Å². The van der Waals surface area contributed by atoms with E-state index in [4.69, 9.17) is 4.74 Å². The molecule has 33 heavy (non-hydrogen) atoms. The van der Waals surface area contributed by atoms with E-state index in [1.165, 1.54) is 5.56 Å². The van der Waals surface area contributed by atoms with Crippen molar-refractivity contribution in [1.82, 2.24) is 15.6 Å². The lowest BCUT2D eigenvalue weighted by Crippen LogP contribution is -2.43. The molecule has 174 valence electrons. The van der Waals surface area contributed by atoms with Gasteiger partial charge in [0.2, 0.25) is 5.96 Å². The highest BCUT2D eigenvalue weighted by atomic mass is 32.1. The van der Waals surface area contributed by atoms with Gasteiger partial charge in [0.05, 0.1) is 34.8 Å². The van der Waals surface area contributed by atoms with Gasteiger partial charge in [-0.2, -0.15) is 0 Å². The van der Waals surface area contributed by atoms with Crippen LogP contribution in [0.25, 0.3) is 10.2 Å². The summed E-state index contributed by atoms with van der Waals surface area (Å²) in [5, 5.41) is 9.67. The van der Waals surface area contributed by atoms with Gasteiger partial charge in [-0.15, -0.1) is 11.3 Å². The van der Waals surface area contributed by atoms with E-state index in [9.17, 15) is 9.59 Å². The number of nitrogens with zero attached hydrogens (tertiary/aromatic N) is 2. The molecule has 3 rings (SSSR count). The van der Waals surface area contributed by atoms with Crippen LogP contribution in [0, 0.1) is 6.92 Å². The van der Waals surface area contributed by atoms with Crippen LogP contribution in [0.5, 0.6) is 0 Å². The average molecular weight is 468 g/mol. The summed E-state index contributed by atoms with van der Waals surface area (Å²) in [5.74, 6) is -0.0442. The van der Waals surface area contributed by atoms with Crippen molar-refractivity contribution in [2.75, 3.05) is 18.5 Å². The number of fused-ring (bicyclic) bond motifs is 1. The summed E-state index contributed by atoms with van der Waals surface area (Å²) >= 11 is 1.65. The van der Waals surface area contributed by atoms with Crippen molar-refractivity contribution >= 4 is 45.2 Å². The first-order chi connectivity index (χ1) is 16.0. The zero-order valence-electron chi connectivity index (χ0n) is 19.1. The molecule has 2 aromatic carbocycles. The van der Waals surface area contributed by atoms with Gasteiger partial charge in [-0.3, -0.25) is 10.1 Å². The highest BCUT2D eigenvalue weighted by Crippen LogP contribution is 2.25. The van der Waals surface area contributed by atoms with Crippen molar-refractivity contribution < 1.29 is 14.3 Å². The van der Waals surface area contributed by atoms with Crippen molar-refractivity contribution in [2.24, 2.45) is 4.99 Å². The Labute approximate surface area is 197 Å². The molecule has 0 atom stereocenters. The molecule has 9 heteroatoms. The van der Waals surface area contributed by atoms with Gasteiger partial charge >= 0.3 is 12.0 Å². The standard InChI is InChI=1S/C24H29N5O3S/c1-4-21-28-19-11-10-18(14-20(19)33-21)27-23(26-15-17-8-6-16(3)7-9-17)29-24(31)25-13-12-22(30)32-5-2/h6-11,14H,4-5,12-13,15H2,1-3H3,(H3,25,26,27,29,31). The number of ether oxygens (including phenoxy) is 1. The third-order valence-electron chi connectivity index (χ3n) is 4.69. The number of esters is 1. The Morgan fingerprint density at radius 1 is 1.12 bits per heavy atom. The molecule has 2 amide bonds. The van der Waals surface area contributed by atoms with Crippen molar-refractivity contribution in [2.45, 2.75) is 40.2 Å². The molecule has 0 saturated carbocycles. The molecule has 8 nitrogen and oxygen atoms in total. The van der Waals surface area contributed by atoms with Gasteiger partial charge in [0.25, 0.3) is 0 Å². The van der Waals surface area contributed by atoms with Crippen LogP contribution >= 0.6 is 11.3 Å². The van der Waals surface area contributed by atoms with Crippen LogP contribution < -0.4 is 16.0 Å². The zero-order valence-corrected chi connectivity index (χ0v) is 19.9. The number of amides is 2. The maximum atomic E-state index is 12.4. The van der Waals surface area contributed by atoms with Crippen LogP contribution in [-0.4, -0.2) is 36.1 Å². The Morgan fingerprint density at radius 2 is 1.91 bits per heavy atom. The Kier molecular flexibility index (Phi) is 8.77. The Bertz CT molecular complexity index is 1120. The normalized spacial score (nSPS) is 11.3. The molecule has 0 saturated heterocycles. The van der Waals surface area contributed by atoms with Gasteiger partial charge in [0.15, 0.2) is 0 Å². The molecule has 0 unspecified atom stereocenters. The number of guanidine groups is 1. The Morgan fingerprint density at radius 3 is 2.64 bits per heavy atom. The van der Waals surface area contributed by atoms with E-state index in [1.54, 1.807) is 18.3 Å². The van der Waals surface area contributed by atoms with Crippen LogP contribution in [0.15, 0.2) is 47.5 Å². The summed E-state index contributed by atoms with van der Waals surface area (Å²) in [4.78, 5) is 33.0. The summed E-state index contributed by atoms with van der Waals surface area (Å²) in [6.07, 6.45) is 0.991. The van der Waals surface area contributed by atoms with Gasteiger partial charge in [-0.05, 0) is 44.0 Å². The second-order valence-electron chi connectivity index (χ2n) is 7.36. The molecule has 0 spiro atoms. The lowest BCUT2D eigenvalue weighted by atomic mass is 10.1. The highest BCUT2D eigenvalue weighted by Gasteiger charge is 2.10. The number of nitrogens with one attached hydrogen (secondary N) is 3. The minimum absolute atomic E-state index is 0.104. The van der Waals surface area contributed by atoms with Crippen LogP contribution in [0.4, 0.5) is 10.5 Å². The summed E-state index contributed by atoms with van der Waals surface area (Å²) in [7, 11) is 0. The lowest BCUT2D eigenvalue weighted by molar-refractivity contribution is -0.142. The van der Waals surface area contributed by atoms with Crippen LogP contribution in [-0.2, 0) is 22.5 Å². The third kappa shape index (κ3) is 7.57. The molecule has 0 bridgehead atoms. The van der Waals surface area contributed by atoms with E-state index < -0.39 is 6.03 Å². The maximum absolute atomic E-state index is 12.4. The van der Waals surface area contributed by atoms with E-state index in [2.05, 4.69) is 32.9 Å². The summed E-state index contributed by atoms with van der Waals surface area (Å²) in [6.45, 7) is 6.73. The number of hydrogen-bond donors (Lipinski definition) is 3. The summed E-state index contributed by atoms with van der Waals surface area (Å²) in [6, 6.07) is 13.5. The monoisotopic (exact) mass is 467 g/mol. The molecule has 1 heterocycles. The predicted molar refractivity (Wildman–Crippen MR) is 133 cm³/mol. The molecule has 0 aliphatic heterocycles. The number of rotatable bonds is 8. The number of hydrogen-bond acceptors (Lipinski definition) is 6. The van der Waals surface area contributed by atoms with Gasteiger partial charge < -0.3 is 15.4 Å². The quantitative estimate of drug-likeness (QED) is 0.259. The summed E-state index contributed by atoms with van der Waals surface area (Å²) < 4.78 is 5.94. The average Bonchev–Trinajstić information content (AvgIpc) is 3.21. The molecule has 3 aromatic rings. The van der Waals surface area contributed by atoms with E-state index in [1.807, 2.05) is 49.4 Å². The molecule has 0 fully saturated rings. The number of aromatic nitrogens is 1. The molecule has 0 aliphatic carbocycles. The highest BCUT2D eigenvalue weighted by molar-refractivity contribution is 7.18. The molecule has 0 aliphatic rings. The minimum Gasteiger partial charge on any atom is -0.466 e. The summed E-state index contributed by atoms with van der Waals surface area (Å²) in [5.41, 5.74) is 3.94. The first kappa shape index (κ1) is 24.2. The van der Waals surface area contributed by atoms with Gasteiger partial charge in [-0.1, -0.05) is 36.8 Å². The minimum atomic E-state index is -0.457. The number of aliphatic imine (C=N–C) groups is 1. The number of benzene rings is 2. The molecule has 3 N–H and O–H groups in total. The fourth-order valence-electron chi connectivity index (χ4n) is 2.98. The molecule has 1 aromatic heterocycles. The van der Waals surface area contributed by atoms with Crippen molar-refractivity contribution in [3.8, 4) is 0 Å². The van der Waals surface area contributed by atoms with E-state index in [0.717, 1.165) is 32.9 Å². The first-order valence-corrected chi connectivity index (χ1v) is 11.8. The number of carbonyl (C=O) groups is 2. The van der Waals surface area contributed by atoms with Crippen LogP contribution in [0.1, 0.15) is 36.4 Å². The van der Waals surface area contributed by atoms with Crippen molar-refractivity contribution in [3.63, 3.8) is 0 Å². The largest absolute Gasteiger partial charge is 0.466 e. The van der Waals surface area contributed by atoms with Crippen LogP contribution in [0.3, 0.4) is 0 Å². The predicted octanol–water partition coefficient (Wildman–Crippen LogP) is 4.39. The third-order valence-corrected chi connectivity index (χ3v) is 5.85. The Hall–Kier alpha value is -3.46. The lowest BCUT2D eigenvalue weighted by Gasteiger charge is -2.13. The number of aryl methyl sites for hydroxylation is 2. The topological polar surface area (TPSA) is 105 Å². The van der Waals surface area contributed by atoms with Crippen molar-refractivity contribution in [1.29, 1.82) is 0 Å². The Balaban J connectivity index is 1.70. The second-order valence-corrected chi connectivity index (χ2v) is 8.47. The van der Waals surface area contributed by atoms with Gasteiger partial charge in [0.1, 0.15) is 0 Å². The molecule has 0 radical (unpaired) electrons. The molecular weight excluding hydrogens is 438 g/mol. The first-order valence-electron chi connectivity index (χ1n) is 10.9. The number of anilines is 1. The van der Waals surface area contributed by atoms with E-state index in [-0.39, 0.29) is 18.9 Å². The number of thiazole rings is 1. The smallest absolute Gasteiger partial charge is 0.321 e. The molecular formula is C24H29N5O3S. The second kappa shape index (κ2) is 12.0. The number of carbonyl (C=O) groups excluding carboxylic acids is 2. The maximum Gasteiger partial charge on any atom is 0.321 e. The van der Waals surface area contributed by atoms with E-state index >= 15 is 0 Å². The zero-order chi connectivity index (χ0) is 23.6. The fraction of sp³-hybridized carbons (Fsp3) is 0.333. The van der Waals surface area contributed by atoms with Gasteiger partial charge in [0, 0.05) is 12.2 Å². The number of urea groups is 1.